The van der Waals surface area contributed by atoms with E-state index in [-0.39, 0.29) is 28.6 Å². The Bertz CT molecular complexity index is 1080. The monoisotopic (exact) mass is 438 g/mol. The molecule has 2 aromatic carbocycles. The van der Waals surface area contributed by atoms with Crippen molar-refractivity contribution in [1.29, 1.82) is 0 Å². The zero-order valence-electron chi connectivity index (χ0n) is 16.1. The minimum atomic E-state index is -3.53. The summed E-state index contributed by atoms with van der Waals surface area (Å²) < 4.78 is 53.7. The Morgan fingerprint density at radius 1 is 0.793 bits per heavy atom. The minimum Gasteiger partial charge on any atom is -0.457 e. The number of ketones is 2. The van der Waals surface area contributed by atoms with Gasteiger partial charge in [0.1, 0.15) is 28.8 Å². The van der Waals surface area contributed by atoms with Crippen LogP contribution in [0.1, 0.15) is 25.8 Å². The van der Waals surface area contributed by atoms with Crippen LogP contribution in [0.15, 0.2) is 53.4 Å². The molecule has 0 aliphatic heterocycles. The maximum absolute atomic E-state index is 12.2. The predicted molar refractivity (Wildman–Crippen MR) is 108 cm³/mol. The summed E-state index contributed by atoms with van der Waals surface area (Å²) in [6, 6.07) is 12.2. The molecule has 0 aromatic heterocycles. The SMILES string of the molecule is CC(=O)CCS(=O)(=O)c1ccc(Oc2ccc(CS(=O)(=O)CC(C)=O)cc2)cc1. The first-order valence-electron chi connectivity index (χ1n) is 8.76. The molecular weight excluding hydrogens is 416 g/mol. The lowest BCUT2D eigenvalue weighted by Gasteiger charge is -2.08. The molecule has 0 saturated carbocycles. The molecule has 0 saturated heterocycles. The zero-order chi connectivity index (χ0) is 21.7. The van der Waals surface area contributed by atoms with Gasteiger partial charge in [0.15, 0.2) is 19.7 Å². The summed E-state index contributed by atoms with van der Waals surface area (Å²) in [5, 5.41) is 0. The maximum Gasteiger partial charge on any atom is 0.178 e. The molecule has 0 radical (unpaired) electrons. The number of hydrogen-bond acceptors (Lipinski definition) is 7. The number of ether oxygens (including phenoxy) is 1. The third-order valence-electron chi connectivity index (χ3n) is 3.87. The number of carbonyl (C=O) groups is 2. The first-order chi connectivity index (χ1) is 13.5. The van der Waals surface area contributed by atoms with E-state index in [1.165, 1.54) is 38.1 Å². The maximum atomic E-state index is 12.2. The highest BCUT2D eigenvalue weighted by atomic mass is 32.2. The van der Waals surface area contributed by atoms with E-state index in [1.807, 2.05) is 0 Å². The average molecular weight is 439 g/mol. The van der Waals surface area contributed by atoms with E-state index in [4.69, 9.17) is 4.74 Å². The molecule has 2 rings (SSSR count). The van der Waals surface area contributed by atoms with Gasteiger partial charge in [0.05, 0.1) is 16.4 Å². The summed E-state index contributed by atoms with van der Waals surface area (Å²) in [5.41, 5.74) is 0.533. The van der Waals surface area contributed by atoms with Crippen molar-refractivity contribution >= 4 is 31.2 Å². The van der Waals surface area contributed by atoms with Gasteiger partial charge in [-0.15, -0.1) is 0 Å². The van der Waals surface area contributed by atoms with E-state index in [1.54, 1.807) is 24.3 Å². The normalized spacial score (nSPS) is 11.8. The average Bonchev–Trinajstić information content (AvgIpc) is 2.61. The van der Waals surface area contributed by atoms with E-state index < -0.39 is 31.2 Å². The Morgan fingerprint density at radius 2 is 1.31 bits per heavy atom. The highest BCUT2D eigenvalue weighted by Gasteiger charge is 2.16. The lowest BCUT2D eigenvalue weighted by Crippen LogP contribution is -2.15. The third kappa shape index (κ3) is 7.43. The number of rotatable bonds is 10. The second-order valence-corrected chi connectivity index (χ2v) is 10.9. The molecule has 0 atom stereocenters. The van der Waals surface area contributed by atoms with Gasteiger partial charge in [-0.3, -0.25) is 9.59 Å². The number of carbonyl (C=O) groups excluding carboxylic acids is 2. The van der Waals surface area contributed by atoms with Gasteiger partial charge in [-0.25, -0.2) is 16.8 Å². The molecule has 7 nitrogen and oxygen atoms in total. The van der Waals surface area contributed by atoms with Gasteiger partial charge < -0.3 is 4.74 Å². The van der Waals surface area contributed by atoms with Gasteiger partial charge >= 0.3 is 0 Å². The zero-order valence-corrected chi connectivity index (χ0v) is 17.8. The summed E-state index contributed by atoms with van der Waals surface area (Å²) in [7, 11) is -7.04. The molecule has 156 valence electrons. The van der Waals surface area contributed by atoms with Crippen LogP contribution in [0.5, 0.6) is 11.5 Å². The lowest BCUT2D eigenvalue weighted by atomic mass is 10.2. The smallest absolute Gasteiger partial charge is 0.178 e. The second-order valence-electron chi connectivity index (χ2n) is 6.72. The fraction of sp³-hybridized carbons (Fsp3) is 0.300. The van der Waals surface area contributed by atoms with Crippen LogP contribution >= 0.6 is 0 Å². The Balaban J connectivity index is 2.03. The minimum absolute atomic E-state index is 0.0327. The van der Waals surface area contributed by atoms with Crippen molar-refractivity contribution in [3.05, 3.63) is 54.1 Å². The molecule has 29 heavy (non-hydrogen) atoms. The van der Waals surface area contributed by atoms with Crippen molar-refractivity contribution in [1.82, 2.24) is 0 Å². The van der Waals surface area contributed by atoms with Crippen LogP contribution in [0.4, 0.5) is 0 Å². The number of hydrogen-bond donors (Lipinski definition) is 0. The van der Waals surface area contributed by atoms with E-state index >= 15 is 0 Å². The van der Waals surface area contributed by atoms with Crippen LogP contribution < -0.4 is 4.74 Å². The van der Waals surface area contributed by atoms with E-state index in [9.17, 15) is 26.4 Å². The number of Topliss-reactive ketones (excluding diaryl/α,β-unsaturated/α-hetero) is 2. The van der Waals surface area contributed by atoms with E-state index in [2.05, 4.69) is 0 Å². The standard InChI is InChI=1S/C20H22O7S2/c1-15(21)11-12-29(25,26)20-9-7-19(8-10-20)27-18-5-3-17(4-6-18)14-28(23,24)13-16(2)22/h3-10H,11-14H2,1-2H3. The van der Waals surface area contributed by atoms with Crippen molar-refractivity contribution in [2.75, 3.05) is 11.5 Å². The van der Waals surface area contributed by atoms with E-state index in [0.29, 0.717) is 17.1 Å². The molecule has 0 heterocycles. The lowest BCUT2D eigenvalue weighted by molar-refractivity contribution is -0.116. The Labute approximate surface area is 170 Å². The van der Waals surface area contributed by atoms with Crippen LogP contribution in [-0.4, -0.2) is 39.9 Å². The number of benzene rings is 2. The molecule has 0 unspecified atom stereocenters. The van der Waals surface area contributed by atoms with Crippen molar-refractivity contribution < 1.29 is 31.2 Å². The Kier molecular flexibility index (Phi) is 7.32. The molecule has 0 amide bonds. The van der Waals surface area contributed by atoms with Gasteiger partial charge in [-0.05, 0) is 55.8 Å². The molecular formula is C20H22O7S2. The molecule has 0 bridgehead atoms. The molecule has 0 spiro atoms. The summed E-state index contributed by atoms with van der Waals surface area (Å²) in [6.45, 7) is 2.57. The largest absolute Gasteiger partial charge is 0.457 e. The highest BCUT2D eigenvalue weighted by Crippen LogP contribution is 2.24. The molecule has 9 heteroatoms. The Morgan fingerprint density at radius 3 is 1.79 bits per heavy atom. The first kappa shape index (κ1) is 22.8. The van der Waals surface area contributed by atoms with Crippen molar-refractivity contribution in [3.8, 4) is 11.5 Å². The van der Waals surface area contributed by atoms with Crippen molar-refractivity contribution in [3.63, 3.8) is 0 Å². The fourth-order valence-corrected chi connectivity index (χ4v) is 5.28. The quantitative estimate of drug-likeness (QED) is 0.561. The van der Waals surface area contributed by atoms with Crippen LogP contribution in [-0.2, 0) is 35.0 Å². The molecule has 0 fully saturated rings. The van der Waals surface area contributed by atoms with Gasteiger partial charge in [0.2, 0.25) is 0 Å². The fourth-order valence-electron chi connectivity index (χ4n) is 2.52. The van der Waals surface area contributed by atoms with Crippen molar-refractivity contribution in [2.24, 2.45) is 0 Å². The van der Waals surface area contributed by atoms with Crippen LogP contribution in [0, 0.1) is 0 Å². The van der Waals surface area contributed by atoms with Crippen LogP contribution in [0.2, 0.25) is 0 Å². The van der Waals surface area contributed by atoms with Gasteiger partial charge in [0, 0.05) is 6.42 Å². The van der Waals surface area contributed by atoms with Gasteiger partial charge in [-0.1, -0.05) is 12.1 Å². The molecule has 0 aliphatic rings. The third-order valence-corrected chi connectivity index (χ3v) is 7.23. The Hall–Kier alpha value is -2.52. The van der Waals surface area contributed by atoms with Crippen LogP contribution in [0.25, 0.3) is 0 Å². The molecule has 0 aliphatic carbocycles. The second kappa shape index (κ2) is 9.32. The summed E-state index contributed by atoms with van der Waals surface area (Å²) in [5.74, 6) is -0.705. The van der Waals surface area contributed by atoms with Gasteiger partial charge in [-0.2, -0.15) is 0 Å². The summed E-state index contributed by atoms with van der Waals surface area (Å²) in [4.78, 5) is 22.1. The predicted octanol–water partition coefficient (Wildman–Crippen LogP) is 2.74. The van der Waals surface area contributed by atoms with Gasteiger partial charge in [0.25, 0.3) is 0 Å². The topological polar surface area (TPSA) is 112 Å². The first-order valence-corrected chi connectivity index (χ1v) is 12.2. The number of sulfone groups is 2. The van der Waals surface area contributed by atoms with E-state index in [0.717, 1.165) is 0 Å². The summed E-state index contributed by atoms with van der Waals surface area (Å²) >= 11 is 0. The molecule has 0 N–H and O–H groups in total. The molecule has 2 aromatic rings. The van der Waals surface area contributed by atoms with Crippen LogP contribution in [0.3, 0.4) is 0 Å². The summed E-state index contributed by atoms with van der Waals surface area (Å²) in [6.07, 6.45) is -0.0327. The van der Waals surface area contributed by atoms with Crippen molar-refractivity contribution in [2.45, 2.75) is 30.9 Å². The highest BCUT2D eigenvalue weighted by molar-refractivity contribution is 7.91.